The van der Waals surface area contributed by atoms with E-state index < -0.39 is 0 Å². The zero-order valence-electron chi connectivity index (χ0n) is 61.4. The summed E-state index contributed by atoms with van der Waals surface area (Å²) in [4.78, 5) is 0. The Balaban J connectivity index is 0.000000147. The molecule has 2 aliphatic rings. The van der Waals surface area contributed by atoms with Crippen LogP contribution in [0.25, 0.3) is 55.6 Å². The number of nitriles is 3. The molecule has 3 nitrogen and oxygen atoms in total. The van der Waals surface area contributed by atoms with E-state index in [4.69, 9.17) is 5.26 Å². The van der Waals surface area contributed by atoms with Crippen molar-refractivity contribution in [1.82, 2.24) is 0 Å². The Bertz CT molecular complexity index is 4720. The lowest BCUT2D eigenvalue weighted by Crippen LogP contribution is -2.25. The highest BCUT2D eigenvalue weighted by Gasteiger charge is 2.52. The fourth-order valence-corrected chi connectivity index (χ4v) is 13.8. The first-order chi connectivity index (χ1) is 48.1. The van der Waals surface area contributed by atoms with Crippen molar-refractivity contribution in [3.63, 3.8) is 0 Å². The van der Waals surface area contributed by atoms with Gasteiger partial charge in [0, 0.05) is 11.1 Å². The molecule has 0 saturated heterocycles. The number of benzene rings is 12. The first-order valence-electron chi connectivity index (χ1n) is 35.5. The minimum absolute atomic E-state index is 0.175. The molecule has 2 aliphatic carbocycles. The van der Waals surface area contributed by atoms with Crippen LogP contribution in [0.5, 0.6) is 0 Å². The lowest BCUT2D eigenvalue weighted by molar-refractivity contribution is 0.590. The summed E-state index contributed by atoms with van der Waals surface area (Å²) in [5.74, 6) is 2.58. The van der Waals surface area contributed by atoms with E-state index in [2.05, 4.69) is 298 Å². The second-order valence-electron chi connectivity index (χ2n) is 28.7. The van der Waals surface area contributed by atoms with Crippen LogP contribution >= 0.6 is 0 Å². The zero-order valence-corrected chi connectivity index (χ0v) is 61.4. The minimum atomic E-state index is -0.204. The number of fused-ring (bicyclic) bond motifs is 10. The minimum Gasteiger partial charge on any atom is -0.192 e. The summed E-state index contributed by atoms with van der Waals surface area (Å²) >= 11 is 0. The zero-order chi connectivity index (χ0) is 71.7. The van der Waals surface area contributed by atoms with Gasteiger partial charge in [0.2, 0.25) is 0 Å². The molecule has 1 spiro atoms. The van der Waals surface area contributed by atoms with E-state index in [9.17, 15) is 10.5 Å². The summed E-state index contributed by atoms with van der Waals surface area (Å²) in [7, 11) is 0. The van der Waals surface area contributed by atoms with Gasteiger partial charge in [0.05, 0.1) is 28.2 Å². The van der Waals surface area contributed by atoms with E-state index in [0.717, 1.165) is 55.6 Å². The summed E-state index contributed by atoms with van der Waals surface area (Å²) in [6.45, 7) is 32.9. The number of nitrogens with zero attached hydrogens (tertiary/aromatic N) is 3. The molecule has 0 aliphatic heterocycles. The summed E-state index contributed by atoms with van der Waals surface area (Å²) in [5, 5.41) is 27.7. The van der Waals surface area contributed by atoms with Gasteiger partial charge in [0.15, 0.2) is 0 Å². The van der Waals surface area contributed by atoms with Gasteiger partial charge >= 0.3 is 0 Å². The monoisotopic (exact) mass is 1300 g/mol. The third-order valence-corrected chi connectivity index (χ3v) is 19.1. The average molecular weight is 1300 g/mol. The maximum absolute atomic E-state index is 9.80. The fourth-order valence-electron chi connectivity index (χ4n) is 13.8. The van der Waals surface area contributed by atoms with Crippen LogP contribution in [0.2, 0.25) is 0 Å². The molecule has 14 rings (SSSR count). The summed E-state index contributed by atoms with van der Waals surface area (Å²) in [6.07, 6.45) is 0. The van der Waals surface area contributed by atoms with Crippen LogP contribution in [0.15, 0.2) is 285 Å². The maximum atomic E-state index is 9.80. The van der Waals surface area contributed by atoms with Crippen molar-refractivity contribution < 1.29 is 0 Å². The quantitative estimate of drug-likeness (QED) is 0.152. The van der Waals surface area contributed by atoms with E-state index >= 15 is 0 Å². The van der Waals surface area contributed by atoms with E-state index in [1.54, 1.807) is 0 Å². The molecule has 0 radical (unpaired) electrons. The Labute approximate surface area is 598 Å². The van der Waals surface area contributed by atoms with Gasteiger partial charge in [0.1, 0.15) is 12.1 Å². The predicted molar refractivity (Wildman–Crippen MR) is 424 cm³/mol. The topological polar surface area (TPSA) is 71.4 Å². The standard InChI is InChI=1S/C28H22.C22H19N.C16H15N.C11H13N.2C10H14/c1-18(2)19-13-9-17-26-27(19)22-12-5-8-16-25(22)28(26)23-14-6-3-10-20(23)21-11-4-7-15-24(21)28;1-16(2)19-13-20(17-9-5-3-6-10-17)22(15-23)21(14-19)18-11-7-4-8-12-18;1-12(2)14-9-6-10-15(16(14)11-17)13-7-4-3-5-8-13;1-11(2,3)10-6-4-9(8-12)5-7-10;1-8(2)10-6-4-5-9(3)7-10;1-8(2)10-7-5-4-6-9(10)3/h3-18H,1-2H3;3-14,16H,1-2H3;3-10,12H,1-2H3;4-7H,1-3H3;2*4-8H,1-3H3. The number of rotatable bonds is 8. The molecule has 0 saturated carbocycles. The van der Waals surface area contributed by atoms with Crippen molar-refractivity contribution in [2.75, 3.05) is 0 Å². The van der Waals surface area contributed by atoms with Crippen LogP contribution < -0.4 is 0 Å². The molecule has 0 aromatic heterocycles. The molecule has 0 N–H and O–H groups in total. The first kappa shape index (κ1) is 73.4. The molecular formula is C97H97N3. The molecule has 100 heavy (non-hydrogen) atoms. The normalized spacial score (nSPS) is 11.7. The van der Waals surface area contributed by atoms with Crippen molar-refractivity contribution in [3.8, 4) is 73.8 Å². The molecule has 12 aromatic rings. The molecule has 500 valence electrons. The Hall–Kier alpha value is -10.9. The third kappa shape index (κ3) is 16.6. The van der Waals surface area contributed by atoms with E-state index in [0.29, 0.717) is 29.6 Å². The van der Waals surface area contributed by atoms with E-state index in [1.807, 2.05) is 109 Å². The molecule has 0 heterocycles. The molecular weight excluding hydrogens is 1210 g/mol. The fraction of sp³-hybridized carbons (Fsp3) is 0.227. The van der Waals surface area contributed by atoms with E-state index in [-0.39, 0.29) is 10.8 Å². The van der Waals surface area contributed by atoms with Gasteiger partial charge in [0.25, 0.3) is 0 Å². The molecule has 0 bridgehead atoms. The van der Waals surface area contributed by atoms with Gasteiger partial charge in [-0.3, -0.25) is 0 Å². The summed E-state index contributed by atoms with van der Waals surface area (Å²) in [6, 6.07) is 107. The smallest absolute Gasteiger partial charge is 0.100 e. The lowest BCUT2D eigenvalue weighted by Gasteiger charge is -2.30. The second-order valence-corrected chi connectivity index (χ2v) is 28.7. The number of aryl methyl sites for hydroxylation is 2. The van der Waals surface area contributed by atoms with Crippen molar-refractivity contribution in [3.05, 3.63) is 369 Å². The SMILES string of the molecule is CC(C)(C)c1ccc(C#N)cc1.CC(C)c1cc(-c2ccccc2)c(C#N)c(-c2ccccc2)c1.CC(C)c1cccc(-c2ccccc2)c1C#N.CC(C)c1cccc2c1-c1ccccc1C21c2ccccc2-c2ccccc21.Cc1cccc(C(C)C)c1.Cc1ccccc1C(C)C. The van der Waals surface area contributed by atoms with Crippen molar-refractivity contribution in [2.24, 2.45) is 0 Å². The van der Waals surface area contributed by atoms with Crippen LogP contribution in [-0.2, 0) is 10.8 Å². The average Bonchev–Trinajstić information content (AvgIpc) is 1.51. The Morgan fingerprint density at radius 2 is 0.690 bits per heavy atom. The molecule has 0 unspecified atom stereocenters. The van der Waals surface area contributed by atoms with Crippen molar-refractivity contribution in [2.45, 2.75) is 144 Å². The van der Waals surface area contributed by atoms with Gasteiger partial charge in [-0.05, 0) is 179 Å². The molecule has 0 amide bonds. The van der Waals surface area contributed by atoms with Gasteiger partial charge < -0.3 is 0 Å². The van der Waals surface area contributed by atoms with Crippen LogP contribution in [-0.4, -0.2) is 0 Å². The number of hydrogen-bond acceptors (Lipinski definition) is 3. The maximum Gasteiger partial charge on any atom is 0.100 e. The van der Waals surface area contributed by atoms with Gasteiger partial charge in [-0.25, -0.2) is 0 Å². The Kier molecular flexibility index (Phi) is 24.6. The summed E-state index contributed by atoms with van der Waals surface area (Å²) in [5.41, 5.74) is 30.6. The van der Waals surface area contributed by atoms with Crippen molar-refractivity contribution >= 4 is 0 Å². The van der Waals surface area contributed by atoms with E-state index in [1.165, 1.54) is 83.5 Å². The van der Waals surface area contributed by atoms with Crippen LogP contribution in [0.1, 0.15) is 203 Å². The molecule has 12 aromatic carbocycles. The Morgan fingerprint density at radius 3 is 1.12 bits per heavy atom. The Morgan fingerprint density at radius 1 is 0.300 bits per heavy atom. The largest absolute Gasteiger partial charge is 0.192 e. The van der Waals surface area contributed by atoms with Gasteiger partial charge in [-0.1, -0.05) is 356 Å². The lowest BCUT2D eigenvalue weighted by atomic mass is 9.70. The van der Waals surface area contributed by atoms with Gasteiger partial charge in [-0.15, -0.1) is 0 Å². The highest BCUT2D eigenvalue weighted by molar-refractivity contribution is 5.96. The van der Waals surface area contributed by atoms with Crippen LogP contribution in [0, 0.1) is 47.8 Å². The van der Waals surface area contributed by atoms with Crippen molar-refractivity contribution in [1.29, 1.82) is 15.8 Å². The van der Waals surface area contributed by atoms with Crippen LogP contribution in [0.4, 0.5) is 0 Å². The highest BCUT2D eigenvalue weighted by Crippen LogP contribution is 2.63. The third-order valence-electron chi connectivity index (χ3n) is 19.1. The molecule has 0 atom stereocenters. The molecule has 3 heteroatoms. The second kappa shape index (κ2) is 33.6. The summed E-state index contributed by atoms with van der Waals surface area (Å²) < 4.78 is 0. The van der Waals surface area contributed by atoms with Gasteiger partial charge in [-0.2, -0.15) is 15.8 Å². The molecule has 0 fully saturated rings. The highest BCUT2D eigenvalue weighted by atomic mass is 14.5. The first-order valence-corrected chi connectivity index (χ1v) is 35.5. The van der Waals surface area contributed by atoms with Crippen LogP contribution in [0.3, 0.4) is 0 Å². The number of hydrogen-bond donors (Lipinski definition) is 0. The predicted octanol–water partition coefficient (Wildman–Crippen LogP) is 26.6.